The van der Waals surface area contributed by atoms with Crippen LogP contribution in [0.15, 0.2) is 0 Å². The number of aliphatic hydroxyl groups excluding tert-OH is 1. The van der Waals surface area contributed by atoms with Crippen molar-refractivity contribution in [2.75, 3.05) is 14.2 Å². The Morgan fingerprint density at radius 3 is 1.59 bits per heavy atom. The summed E-state index contributed by atoms with van der Waals surface area (Å²) in [5.41, 5.74) is 0. The summed E-state index contributed by atoms with van der Waals surface area (Å²) in [6.45, 7) is 7.61. The van der Waals surface area contributed by atoms with Crippen molar-refractivity contribution in [3.8, 4) is 0 Å². The fourth-order valence-electron chi connectivity index (χ4n) is 2.47. The van der Waals surface area contributed by atoms with Gasteiger partial charge >= 0.3 is 11.9 Å². The maximum Gasteiger partial charge on any atom is 0.309 e. The lowest BCUT2D eigenvalue weighted by Crippen LogP contribution is -2.31. The predicted molar refractivity (Wildman–Crippen MR) is 85.4 cm³/mol. The van der Waals surface area contributed by atoms with E-state index in [2.05, 4.69) is 0 Å². The second kappa shape index (κ2) is 9.88. The molecule has 1 N–H and O–H groups in total. The van der Waals surface area contributed by atoms with Crippen LogP contribution in [0, 0.1) is 23.7 Å². The molecule has 0 rings (SSSR count). The van der Waals surface area contributed by atoms with Gasteiger partial charge < -0.3 is 14.6 Å². The minimum Gasteiger partial charge on any atom is -0.469 e. The van der Waals surface area contributed by atoms with E-state index in [1.807, 2.05) is 27.7 Å². The molecule has 0 aromatic carbocycles. The van der Waals surface area contributed by atoms with Crippen LogP contribution in [0.3, 0.4) is 0 Å². The van der Waals surface area contributed by atoms with Crippen LogP contribution in [0.2, 0.25) is 5.82 Å². The summed E-state index contributed by atoms with van der Waals surface area (Å²) < 4.78 is 9.54. The molecule has 5 nitrogen and oxygen atoms in total. The summed E-state index contributed by atoms with van der Waals surface area (Å²) in [7, 11) is 8.70. The summed E-state index contributed by atoms with van der Waals surface area (Å²) in [5.74, 6) is -1.96. The van der Waals surface area contributed by atoms with E-state index in [-0.39, 0.29) is 36.1 Å². The maximum atomic E-state index is 11.8. The molecule has 0 aliphatic heterocycles. The first-order valence-corrected chi connectivity index (χ1v) is 7.74. The number of ether oxygens (including phenoxy) is 2. The van der Waals surface area contributed by atoms with Crippen molar-refractivity contribution in [3.63, 3.8) is 0 Å². The van der Waals surface area contributed by atoms with Crippen molar-refractivity contribution in [1.82, 2.24) is 0 Å². The highest BCUT2D eigenvalue weighted by Crippen LogP contribution is 2.30. The molecule has 0 fully saturated rings. The Hall–Kier alpha value is -1.04. The van der Waals surface area contributed by atoms with Crippen molar-refractivity contribution in [1.29, 1.82) is 0 Å². The van der Waals surface area contributed by atoms with Crippen LogP contribution >= 0.6 is 0 Å². The van der Waals surface area contributed by atoms with Gasteiger partial charge in [-0.3, -0.25) is 9.59 Å². The van der Waals surface area contributed by atoms with Gasteiger partial charge in [-0.25, -0.2) is 0 Å². The number of rotatable bonds is 9. The predicted octanol–water partition coefficient (Wildman–Crippen LogP) is 1.97. The van der Waals surface area contributed by atoms with E-state index in [1.54, 1.807) is 0 Å². The van der Waals surface area contributed by atoms with Crippen molar-refractivity contribution >= 4 is 19.8 Å². The molecule has 6 heteroatoms. The van der Waals surface area contributed by atoms with Gasteiger partial charge in [-0.15, -0.1) is 0 Å². The normalized spacial score (nSPS) is 17.0. The second-order valence-corrected chi connectivity index (χ2v) is 6.45. The number of hydrogen-bond acceptors (Lipinski definition) is 5. The van der Waals surface area contributed by atoms with Gasteiger partial charge in [-0.05, 0) is 24.7 Å². The SMILES string of the molecule is [B]C(C[C@H](C(=O)OC)C(C)C)[C@@H](O)CC(C(=O)OC)C(C)C. The minimum absolute atomic E-state index is 0.0378. The lowest BCUT2D eigenvalue weighted by atomic mass is 9.71. The van der Waals surface area contributed by atoms with Gasteiger partial charge in [0, 0.05) is 6.10 Å². The highest BCUT2D eigenvalue weighted by Gasteiger charge is 2.31. The Morgan fingerprint density at radius 2 is 1.27 bits per heavy atom. The van der Waals surface area contributed by atoms with Gasteiger partial charge in [-0.1, -0.05) is 33.5 Å². The Balaban J connectivity index is 4.79. The van der Waals surface area contributed by atoms with E-state index >= 15 is 0 Å². The molecule has 0 aliphatic carbocycles. The fourth-order valence-corrected chi connectivity index (χ4v) is 2.47. The summed E-state index contributed by atoms with van der Waals surface area (Å²) in [4.78, 5) is 23.5. The molecule has 0 aromatic heterocycles. The van der Waals surface area contributed by atoms with Gasteiger partial charge in [-0.2, -0.15) is 0 Å². The smallest absolute Gasteiger partial charge is 0.309 e. The third-order valence-electron chi connectivity index (χ3n) is 4.13. The van der Waals surface area contributed by atoms with Crippen molar-refractivity contribution in [2.24, 2.45) is 23.7 Å². The van der Waals surface area contributed by atoms with Crippen molar-refractivity contribution < 1.29 is 24.2 Å². The second-order valence-electron chi connectivity index (χ2n) is 6.45. The highest BCUT2D eigenvalue weighted by molar-refractivity contribution is 6.12. The zero-order valence-electron chi connectivity index (χ0n) is 14.5. The Kier molecular flexibility index (Phi) is 9.41. The largest absolute Gasteiger partial charge is 0.469 e. The zero-order chi connectivity index (χ0) is 17.4. The Labute approximate surface area is 135 Å². The lowest BCUT2D eigenvalue weighted by Gasteiger charge is -2.28. The first-order chi connectivity index (χ1) is 10.1. The third-order valence-corrected chi connectivity index (χ3v) is 4.13. The van der Waals surface area contributed by atoms with Gasteiger partial charge in [0.25, 0.3) is 0 Å². The van der Waals surface area contributed by atoms with E-state index in [0.29, 0.717) is 6.42 Å². The molecular formula is C16H29BO5. The third kappa shape index (κ3) is 6.38. The van der Waals surface area contributed by atoms with E-state index in [4.69, 9.17) is 17.3 Å². The molecular weight excluding hydrogens is 283 g/mol. The molecule has 0 bridgehead atoms. The average Bonchev–Trinajstić information content (AvgIpc) is 2.47. The zero-order valence-corrected chi connectivity index (χ0v) is 14.5. The number of esters is 2. The van der Waals surface area contributed by atoms with Crippen LogP contribution < -0.4 is 0 Å². The van der Waals surface area contributed by atoms with Crippen LogP contribution in [0.1, 0.15) is 40.5 Å². The van der Waals surface area contributed by atoms with Crippen molar-refractivity contribution in [2.45, 2.75) is 52.5 Å². The summed E-state index contributed by atoms with van der Waals surface area (Å²) in [6.07, 6.45) is -0.341. The number of carbonyl (C=O) groups excluding carboxylic acids is 2. The molecule has 126 valence electrons. The van der Waals surface area contributed by atoms with Crippen LogP contribution in [-0.4, -0.2) is 45.2 Å². The van der Waals surface area contributed by atoms with Crippen LogP contribution in [0.5, 0.6) is 0 Å². The van der Waals surface area contributed by atoms with Crippen LogP contribution in [-0.2, 0) is 19.1 Å². The number of hydrogen-bond donors (Lipinski definition) is 1. The molecule has 0 heterocycles. The first kappa shape index (κ1) is 21.0. The fraction of sp³-hybridized carbons (Fsp3) is 0.875. The molecule has 0 aromatic rings. The van der Waals surface area contributed by atoms with E-state index in [1.165, 1.54) is 14.2 Å². The Morgan fingerprint density at radius 1 is 0.909 bits per heavy atom. The molecule has 2 radical (unpaired) electrons. The van der Waals surface area contributed by atoms with Crippen molar-refractivity contribution in [3.05, 3.63) is 0 Å². The highest BCUT2D eigenvalue weighted by atomic mass is 16.5. The topological polar surface area (TPSA) is 72.8 Å². The van der Waals surface area contributed by atoms with Gasteiger partial charge in [0.1, 0.15) is 0 Å². The molecule has 4 atom stereocenters. The van der Waals surface area contributed by atoms with Gasteiger partial charge in [0.05, 0.1) is 33.9 Å². The van der Waals surface area contributed by atoms with Crippen LogP contribution in [0.25, 0.3) is 0 Å². The lowest BCUT2D eigenvalue weighted by molar-refractivity contribution is -0.149. The quantitative estimate of drug-likeness (QED) is 0.520. The molecule has 0 spiro atoms. The van der Waals surface area contributed by atoms with Gasteiger partial charge in [0.2, 0.25) is 0 Å². The standard InChI is InChI=1S/C16H29BO5/c1-9(2)11(15(19)21-5)7-13(17)14(18)8-12(10(3)4)16(20)22-6/h9-14,18H,7-8H2,1-6H3/t11-,12?,13?,14-/m0/s1. The number of aliphatic hydroxyl groups is 1. The molecule has 0 amide bonds. The average molecular weight is 312 g/mol. The van der Waals surface area contributed by atoms with Gasteiger partial charge in [0.15, 0.2) is 0 Å². The number of carbonyl (C=O) groups is 2. The summed E-state index contributed by atoms with van der Waals surface area (Å²) >= 11 is 0. The Bertz CT molecular complexity index is 322. The van der Waals surface area contributed by atoms with E-state index in [0.717, 1.165) is 0 Å². The van der Waals surface area contributed by atoms with E-state index in [9.17, 15) is 14.7 Å². The van der Waals surface area contributed by atoms with Crippen LogP contribution in [0.4, 0.5) is 0 Å². The summed E-state index contributed by atoms with van der Waals surface area (Å²) in [6, 6.07) is 0. The monoisotopic (exact) mass is 312 g/mol. The molecule has 22 heavy (non-hydrogen) atoms. The molecule has 0 saturated heterocycles. The minimum atomic E-state index is -0.877. The first-order valence-electron chi connectivity index (χ1n) is 7.74. The molecule has 0 saturated carbocycles. The molecule has 0 aliphatic rings. The number of methoxy groups -OCH3 is 2. The summed E-state index contributed by atoms with van der Waals surface area (Å²) in [5, 5.41) is 10.3. The molecule has 2 unspecified atom stereocenters. The van der Waals surface area contributed by atoms with E-state index < -0.39 is 17.8 Å². The maximum absolute atomic E-state index is 11.8.